The smallest absolute Gasteiger partial charge is 0.135 e. The molecule has 1 aromatic heterocycles. The minimum absolute atomic E-state index is 0.483. The number of hydrogen-bond acceptors (Lipinski definition) is 3. The number of benzene rings is 2. The van der Waals surface area contributed by atoms with Gasteiger partial charge >= 0.3 is 0 Å². The van der Waals surface area contributed by atoms with Crippen LogP contribution in [0.4, 0.5) is 0 Å². The number of hydrogen-bond donors (Lipinski definition) is 0. The van der Waals surface area contributed by atoms with Gasteiger partial charge in [0.2, 0.25) is 0 Å². The van der Waals surface area contributed by atoms with E-state index in [2.05, 4.69) is 34.4 Å². The Kier molecular flexibility index (Phi) is 6.04. The second-order valence-corrected chi connectivity index (χ2v) is 7.87. The molecule has 0 saturated carbocycles. The molecule has 1 aliphatic heterocycles. The topological polar surface area (TPSA) is 33.4 Å². The summed E-state index contributed by atoms with van der Waals surface area (Å²) >= 11 is 13.2. The van der Waals surface area contributed by atoms with Gasteiger partial charge in [0, 0.05) is 41.0 Å². The van der Waals surface area contributed by atoms with Crippen LogP contribution in [0.25, 0.3) is 5.69 Å². The average Bonchev–Trinajstić information content (AvgIpc) is 3.05. The number of imidazole rings is 1. The van der Waals surface area contributed by atoms with E-state index >= 15 is 0 Å². The highest BCUT2D eigenvalue weighted by molar-refractivity contribution is 6.39. The highest BCUT2D eigenvalue weighted by Gasteiger charge is 2.24. The van der Waals surface area contributed by atoms with Crippen LogP contribution >= 0.6 is 23.2 Å². The van der Waals surface area contributed by atoms with Gasteiger partial charge in [-0.3, -0.25) is 9.56 Å². The Labute approximate surface area is 181 Å². The average molecular weight is 427 g/mol. The van der Waals surface area contributed by atoms with Crippen molar-refractivity contribution in [3.8, 4) is 5.69 Å². The normalized spacial score (nSPS) is 13.1. The van der Waals surface area contributed by atoms with Crippen molar-refractivity contribution in [3.63, 3.8) is 0 Å². The summed E-state index contributed by atoms with van der Waals surface area (Å²) in [5, 5.41) is 1.33. The van der Waals surface area contributed by atoms with Gasteiger partial charge in [0.15, 0.2) is 0 Å². The molecule has 6 heteroatoms. The van der Waals surface area contributed by atoms with Gasteiger partial charge in [-0.1, -0.05) is 61.3 Å². The number of aliphatic imine (C=N–C) groups is 1. The Hall–Kier alpha value is -2.14. The monoisotopic (exact) mass is 426 g/mol. The van der Waals surface area contributed by atoms with E-state index in [1.807, 2.05) is 42.6 Å². The summed E-state index contributed by atoms with van der Waals surface area (Å²) in [7, 11) is 0. The molecule has 0 saturated heterocycles. The zero-order valence-electron chi connectivity index (χ0n) is 16.7. The molecule has 0 radical (unpaired) electrons. The molecule has 3 aromatic rings. The maximum atomic E-state index is 6.70. The van der Waals surface area contributed by atoms with Crippen molar-refractivity contribution in [1.29, 1.82) is 0 Å². The van der Waals surface area contributed by atoms with Crippen molar-refractivity contribution in [2.45, 2.75) is 26.8 Å². The van der Waals surface area contributed by atoms with Crippen molar-refractivity contribution >= 4 is 28.9 Å². The fourth-order valence-electron chi connectivity index (χ4n) is 3.86. The van der Waals surface area contributed by atoms with Crippen LogP contribution in [0.15, 0.2) is 53.7 Å². The Bertz CT molecular complexity index is 1050. The zero-order valence-corrected chi connectivity index (χ0v) is 18.2. The van der Waals surface area contributed by atoms with E-state index in [1.54, 1.807) is 0 Å². The van der Waals surface area contributed by atoms with Crippen LogP contribution in [0.5, 0.6) is 0 Å². The van der Waals surface area contributed by atoms with E-state index in [4.69, 9.17) is 28.2 Å². The van der Waals surface area contributed by atoms with Crippen LogP contribution in [0.3, 0.4) is 0 Å². The second kappa shape index (κ2) is 8.70. The molecule has 0 amide bonds. The van der Waals surface area contributed by atoms with Crippen molar-refractivity contribution in [2.24, 2.45) is 4.99 Å². The third kappa shape index (κ3) is 3.85. The van der Waals surface area contributed by atoms with E-state index in [1.165, 1.54) is 5.69 Å². The van der Waals surface area contributed by atoms with E-state index in [0.29, 0.717) is 16.6 Å². The van der Waals surface area contributed by atoms with Crippen LogP contribution in [0, 0.1) is 0 Å². The zero-order chi connectivity index (χ0) is 20.4. The molecule has 0 N–H and O–H groups in total. The van der Waals surface area contributed by atoms with Gasteiger partial charge in [0.25, 0.3) is 0 Å². The van der Waals surface area contributed by atoms with Crippen molar-refractivity contribution < 1.29 is 0 Å². The first-order chi connectivity index (χ1) is 14.1. The number of likely N-dealkylation sites (N-methyl/N-ethyl adjacent to an activating group) is 1. The lowest BCUT2D eigenvalue weighted by atomic mass is 10.00. The largest absolute Gasteiger partial charge is 0.303 e. The molecule has 29 heavy (non-hydrogen) atoms. The molecule has 1 aliphatic rings. The number of rotatable bonds is 6. The third-order valence-corrected chi connectivity index (χ3v) is 6.11. The van der Waals surface area contributed by atoms with Crippen molar-refractivity contribution in [2.75, 3.05) is 19.6 Å². The molecule has 2 aromatic carbocycles. The van der Waals surface area contributed by atoms with Gasteiger partial charge in [0.1, 0.15) is 5.82 Å². The molecule has 4 nitrogen and oxygen atoms in total. The van der Waals surface area contributed by atoms with Crippen molar-refractivity contribution in [1.82, 2.24) is 14.5 Å². The first-order valence-corrected chi connectivity index (χ1v) is 10.8. The van der Waals surface area contributed by atoms with E-state index in [9.17, 15) is 0 Å². The maximum Gasteiger partial charge on any atom is 0.135 e. The van der Waals surface area contributed by atoms with Crippen LogP contribution in [-0.2, 0) is 13.0 Å². The van der Waals surface area contributed by atoms with Gasteiger partial charge in [-0.2, -0.15) is 0 Å². The molecule has 0 atom stereocenters. The Balaban J connectivity index is 1.83. The second-order valence-electron chi connectivity index (χ2n) is 7.06. The molecule has 150 valence electrons. The first kappa shape index (κ1) is 20.1. The Morgan fingerprint density at radius 3 is 2.52 bits per heavy atom. The van der Waals surface area contributed by atoms with Gasteiger partial charge in [-0.05, 0) is 31.3 Å². The maximum absolute atomic E-state index is 6.70. The molecule has 0 unspecified atom stereocenters. The highest BCUT2D eigenvalue weighted by Crippen LogP contribution is 2.33. The first-order valence-electron chi connectivity index (χ1n) is 10.0. The Morgan fingerprint density at radius 1 is 1.00 bits per heavy atom. The minimum atomic E-state index is 0.483. The molecule has 0 aliphatic carbocycles. The van der Waals surface area contributed by atoms with E-state index < -0.39 is 0 Å². The summed E-state index contributed by atoms with van der Waals surface area (Å²) in [5.74, 6) is 0.921. The van der Waals surface area contributed by atoms with Crippen molar-refractivity contribution in [3.05, 3.63) is 81.4 Å². The summed E-state index contributed by atoms with van der Waals surface area (Å²) in [6.45, 7) is 7.95. The Morgan fingerprint density at radius 2 is 1.76 bits per heavy atom. The van der Waals surface area contributed by atoms with Gasteiger partial charge in [-0.15, -0.1) is 0 Å². The van der Waals surface area contributed by atoms with Crippen LogP contribution in [0.1, 0.15) is 36.5 Å². The number of nitrogens with zero attached hydrogens (tertiary/aromatic N) is 4. The minimum Gasteiger partial charge on any atom is -0.303 e. The fourth-order valence-corrected chi connectivity index (χ4v) is 4.34. The molecular formula is C23H24Cl2N4. The SMILES string of the molecule is CCN(CC)CCc1cnc2n1-c1cccc(Cl)c1C(c1ccccc1Cl)=NC2. The fraction of sp³-hybridized carbons (Fsp3) is 0.304. The van der Waals surface area contributed by atoms with Crippen LogP contribution in [0.2, 0.25) is 10.0 Å². The van der Waals surface area contributed by atoms with Crippen LogP contribution in [-0.4, -0.2) is 39.8 Å². The lowest BCUT2D eigenvalue weighted by Gasteiger charge is -2.19. The highest BCUT2D eigenvalue weighted by atomic mass is 35.5. The van der Waals surface area contributed by atoms with Crippen LogP contribution < -0.4 is 0 Å². The molecule has 0 fully saturated rings. The number of aromatic nitrogens is 2. The predicted molar refractivity (Wildman–Crippen MR) is 121 cm³/mol. The molecular weight excluding hydrogens is 403 g/mol. The summed E-state index contributed by atoms with van der Waals surface area (Å²) in [6, 6.07) is 13.7. The standard InChI is InChI=1S/C23H24Cl2N4/c1-3-28(4-2)13-12-16-14-26-21-15-27-23(17-8-5-6-9-18(17)24)22-19(25)10-7-11-20(22)29(16)21/h5-11,14H,3-4,12-13,15H2,1-2H3. The lowest BCUT2D eigenvalue weighted by molar-refractivity contribution is 0.306. The summed E-state index contributed by atoms with van der Waals surface area (Å²) in [6.07, 6.45) is 2.89. The summed E-state index contributed by atoms with van der Waals surface area (Å²) in [4.78, 5) is 12.0. The summed E-state index contributed by atoms with van der Waals surface area (Å²) in [5.41, 5.74) is 4.79. The lowest BCUT2D eigenvalue weighted by Crippen LogP contribution is -2.26. The van der Waals surface area contributed by atoms with Gasteiger partial charge in [0.05, 0.1) is 23.0 Å². The molecule has 0 spiro atoms. The predicted octanol–water partition coefficient (Wildman–Crippen LogP) is 5.41. The molecule has 0 bridgehead atoms. The summed E-state index contributed by atoms with van der Waals surface area (Å²) < 4.78 is 2.22. The van der Waals surface area contributed by atoms with E-state index in [0.717, 1.165) is 54.4 Å². The molecule has 2 heterocycles. The quantitative estimate of drug-likeness (QED) is 0.527. The van der Waals surface area contributed by atoms with Gasteiger partial charge < -0.3 is 4.90 Å². The number of halogens is 2. The van der Waals surface area contributed by atoms with E-state index in [-0.39, 0.29) is 0 Å². The number of fused-ring (bicyclic) bond motifs is 3. The molecule has 4 rings (SSSR count). The van der Waals surface area contributed by atoms with Gasteiger partial charge in [-0.25, -0.2) is 4.98 Å². The third-order valence-electron chi connectivity index (χ3n) is 5.46.